The van der Waals surface area contributed by atoms with Gasteiger partial charge in [-0.25, -0.2) is 4.98 Å². The molecule has 1 amide bonds. The summed E-state index contributed by atoms with van der Waals surface area (Å²) < 4.78 is 4.22. The predicted octanol–water partition coefficient (Wildman–Crippen LogP) is 4.71. The van der Waals surface area contributed by atoms with E-state index in [1.165, 1.54) is 5.56 Å². The Bertz CT molecular complexity index is 1670. The molecule has 9 nitrogen and oxygen atoms in total. The summed E-state index contributed by atoms with van der Waals surface area (Å²) in [5.74, 6) is 1.18. The maximum Gasteiger partial charge on any atom is 0.253 e. The first-order valence-corrected chi connectivity index (χ1v) is 15.9. The lowest BCUT2D eigenvalue weighted by atomic mass is 9.76. The van der Waals surface area contributed by atoms with Gasteiger partial charge in [0.05, 0.1) is 23.8 Å². The van der Waals surface area contributed by atoms with Gasteiger partial charge in [0, 0.05) is 56.4 Å². The molecule has 1 unspecified atom stereocenters. The number of aromatic nitrogens is 5. The van der Waals surface area contributed by atoms with Crippen molar-refractivity contribution in [1.29, 1.82) is 0 Å². The Morgan fingerprint density at radius 1 is 0.795 bits per heavy atom. The third-order valence-electron chi connectivity index (χ3n) is 9.48. The molecule has 0 aliphatic carbocycles. The zero-order chi connectivity index (χ0) is 29.8. The van der Waals surface area contributed by atoms with Gasteiger partial charge >= 0.3 is 0 Å². The molecule has 1 atom stereocenters. The van der Waals surface area contributed by atoms with Crippen LogP contribution < -0.4 is 4.90 Å². The molecule has 9 heteroatoms. The summed E-state index contributed by atoms with van der Waals surface area (Å²) >= 11 is 0. The summed E-state index contributed by atoms with van der Waals surface area (Å²) in [5, 5.41) is 8.13. The van der Waals surface area contributed by atoms with Crippen molar-refractivity contribution >= 4 is 22.9 Å². The first-order valence-electron chi connectivity index (χ1n) is 15.9. The van der Waals surface area contributed by atoms with Gasteiger partial charge in [-0.1, -0.05) is 65.9 Å². The topological polar surface area (TPSA) is 75.3 Å². The van der Waals surface area contributed by atoms with Gasteiger partial charge in [0.2, 0.25) is 5.95 Å². The molecule has 0 saturated carbocycles. The van der Waals surface area contributed by atoms with Gasteiger partial charge in [-0.2, -0.15) is 0 Å². The van der Waals surface area contributed by atoms with Crippen LogP contribution in [0.3, 0.4) is 0 Å². The molecule has 5 aromatic rings. The normalized spacial score (nSPS) is 19.5. The average Bonchev–Trinajstić information content (AvgIpc) is 3.80. The molecule has 0 N–H and O–H groups in total. The second-order valence-corrected chi connectivity index (χ2v) is 12.1. The molecule has 2 aliphatic heterocycles. The van der Waals surface area contributed by atoms with Crippen LogP contribution in [0.5, 0.6) is 0 Å². The Hall–Kier alpha value is -4.50. The lowest BCUT2D eigenvalue weighted by molar-refractivity contribution is 0.0781. The maximum absolute atomic E-state index is 13.4. The van der Waals surface area contributed by atoms with Crippen molar-refractivity contribution in [2.75, 3.05) is 50.7 Å². The molecule has 7 rings (SSSR count). The van der Waals surface area contributed by atoms with Gasteiger partial charge in [0.25, 0.3) is 5.91 Å². The SMILES string of the molecule is O=C(c1ccccc1)N1CCC(CCN2CCCN(c3nc4ccccc4n3CCn3ccnn3)CC2)(c2ccccc2)C1. The smallest absolute Gasteiger partial charge is 0.253 e. The van der Waals surface area contributed by atoms with Crippen molar-refractivity contribution in [3.8, 4) is 0 Å². The molecule has 3 aromatic carbocycles. The second kappa shape index (κ2) is 12.6. The van der Waals surface area contributed by atoms with Crippen LogP contribution in [-0.4, -0.2) is 86.1 Å². The van der Waals surface area contributed by atoms with E-state index in [1.807, 2.05) is 41.2 Å². The minimum atomic E-state index is -0.0347. The van der Waals surface area contributed by atoms with E-state index in [0.717, 1.165) is 101 Å². The lowest BCUT2D eigenvalue weighted by Gasteiger charge is -2.33. The van der Waals surface area contributed by atoms with Crippen LogP contribution in [0.4, 0.5) is 5.95 Å². The minimum absolute atomic E-state index is 0.0347. The Morgan fingerprint density at radius 2 is 1.59 bits per heavy atom. The number of imidazole rings is 1. The molecule has 226 valence electrons. The fourth-order valence-electron chi connectivity index (χ4n) is 7.03. The summed E-state index contributed by atoms with van der Waals surface area (Å²) in [5.41, 5.74) is 4.27. The highest BCUT2D eigenvalue weighted by Gasteiger charge is 2.41. The molecular weight excluding hydrogens is 548 g/mol. The van der Waals surface area contributed by atoms with Gasteiger partial charge < -0.3 is 19.3 Å². The molecule has 2 saturated heterocycles. The molecule has 4 heterocycles. The van der Waals surface area contributed by atoms with Gasteiger partial charge in [-0.15, -0.1) is 5.10 Å². The number of carbonyl (C=O) groups excluding carboxylic acids is 1. The molecule has 2 aromatic heterocycles. The Morgan fingerprint density at radius 3 is 2.41 bits per heavy atom. The first-order chi connectivity index (χ1) is 21.7. The van der Waals surface area contributed by atoms with Gasteiger partial charge in [-0.3, -0.25) is 9.48 Å². The van der Waals surface area contributed by atoms with Crippen LogP contribution in [0, 0.1) is 0 Å². The number of rotatable bonds is 9. The molecular formula is C35H40N8O. The summed E-state index contributed by atoms with van der Waals surface area (Å²) in [7, 11) is 0. The van der Waals surface area contributed by atoms with Gasteiger partial charge in [0.15, 0.2) is 0 Å². The number of likely N-dealkylation sites (tertiary alicyclic amines) is 1. The van der Waals surface area contributed by atoms with E-state index >= 15 is 0 Å². The number of amides is 1. The second-order valence-electron chi connectivity index (χ2n) is 12.1. The molecule has 0 radical (unpaired) electrons. The number of benzene rings is 3. The molecule has 44 heavy (non-hydrogen) atoms. The number of fused-ring (bicyclic) bond motifs is 1. The molecule has 0 bridgehead atoms. The fraction of sp³-hybridized carbons (Fsp3) is 0.371. The van der Waals surface area contributed by atoms with E-state index in [0.29, 0.717) is 0 Å². The summed E-state index contributed by atoms with van der Waals surface area (Å²) in [6.07, 6.45) is 6.75. The average molecular weight is 589 g/mol. The van der Waals surface area contributed by atoms with Crippen LogP contribution >= 0.6 is 0 Å². The first kappa shape index (κ1) is 28.3. The minimum Gasteiger partial charge on any atom is -0.341 e. The Kier molecular flexibility index (Phi) is 8.11. The van der Waals surface area contributed by atoms with E-state index in [1.54, 1.807) is 6.20 Å². The van der Waals surface area contributed by atoms with Crippen molar-refractivity contribution in [3.05, 3.63) is 108 Å². The van der Waals surface area contributed by atoms with Crippen molar-refractivity contribution in [2.45, 2.75) is 37.8 Å². The van der Waals surface area contributed by atoms with Crippen molar-refractivity contribution in [3.63, 3.8) is 0 Å². The maximum atomic E-state index is 13.4. The summed E-state index contributed by atoms with van der Waals surface area (Å²) in [6.45, 7) is 8.07. The zero-order valence-corrected chi connectivity index (χ0v) is 25.2. The highest BCUT2D eigenvalue weighted by molar-refractivity contribution is 5.94. The third-order valence-corrected chi connectivity index (χ3v) is 9.48. The van der Waals surface area contributed by atoms with E-state index in [9.17, 15) is 4.79 Å². The third kappa shape index (κ3) is 5.84. The molecule has 2 aliphatic rings. The number of hydrogen-bond acceptors (Lipinski definition) is 6. The number of hydrogen-bond donors (Lipinski definition) is 0. The van der Waals surface area contributed by atoms with E-state index < -0.39 is 0 Å². The van der Waals surface area contributed by atoms with Crippen LogP contribution in [0.25, 0.3) is 11.0 Å². The van der Waals surface area contributed by atoms with Gasteiger partial charge in [0.1, 0.15) is 0 Å². The number of anilines is 1. The fourth-order valence-corrected chi connectivity index (χ4v) is 7.03. The van der Waals surface area contributed by atoms with E-state index in [-0.39, 0.29) is 11.3 Å². The zero-order valence-electron chi connectivity index (χ0n) is 25.2. The van der Waals surface area contributed by atoms with E-state index in [2.05, 4.69) is 84.2 Å². The molecule has 2 fully saturated rings. The van der Waals surface area contributed by atoms with Gasteiger partial charge in [-0.05, 0) is 62.2 Å². The summed E-state index contributed by atoms with van der Waals surface area (Å²) in [4.78, 5) is 25.6. The Labute approximate surface area is 258 Å². The van der Waals surface area contributed by atoms with Crippen molar-refractivity contribution < 1.29 is 4.79 Å². The van der Waals surface area contributed by atoms with Crippen LogP contribution in [0.1, 0.15) is 35.2 Å². The Balaban J connectivity index is 1.05. The quantitative estimate of drug-likeness (QED) is 0.248. The highest BCUT2D eigenvalue weighted by atomic mass is 16.2. The number of para-hydroxylation sites is 2. The molecule has 0 spiro atoms. The van der Waals surface area contributed by atoms with Crippen molar-refractivity contribution in [1.82, 2.24) is 34.3 Å². The predicted molar refractivity (Wildman–Crippen MR) is 173 cm³/mol. The van der Waals surface area contributed by atoms with Crippen molar-refractivity contribution in [2.24, 2.45) is 0 Å². The monoisotopic (exact) mass is 588 g/mol. The van der Waals surface area contributed by atoms with Crippen LogP contribution in [0.15, 0.2) is 97.3 Å². The number of carbonyl (C=O) groups is 1. The summed E-state index contributed by atoms with van der Waals surface area (Å²) in [6, 6.07) is 29.0. The van der Waals surface area contributed by atoms with Crippen LogP contribution in [-0.2, 0) is 18.5 Å². The number of aryl methyl sites for hydroxylation is 2. The standard InChI is InChI=1S/C35H40N8O/c44-33(29-10-3-1-4-11-29)41-22-17-35(28-41,30-12-5-2-6-13-30)16-21-39-19-9-20-40(25-24-39)34-37-31-14-7-8-15-32(31)43(34)27-26-42-23-18-36-38-42/h1-8,10-15,18,23H,9,16-17,19-22,24-28H2. The number of nitrogens with zero attached hydrogens (tertiary/aromatic N) is 8. The largest absolute Gasteiger partial charge is 0.341 e. The van der Waals surface area contributed by atoms with E-state index in [4.69, 9.17) is 4.98 Å². The van der Waals surface area contributed by atoms with Crippen LogP contribution in [0.2, 0.25) is 0 Å². The highest BCUT2D eigenvalue weighted by Crippen LogP contribution is 2.38. The lowest BCUT2D eigenvalue weighted by Crippen LogP contribution is -2.39.